The van der Waals surface area contributed by atoms with Crippen molar-refractivity contribution < 1.29 is 13.2 Å². The first-order valence-corrected chi connectivity index (χ1v) is 7.06. The van der Waals surface area contributed by atoms with Crippen molar-refractivity contribution in [3.8, 4) is 0 Å². The van der Waals surface area contributed by atoms with Crippen molar-refractivity contribution in [3.63, 3.8) is 0 Å². The molecule has 0 unspecified atom stereocenters. The number of sulfonamides is 1. The second-order valence-corrected chi connectivity index (χ2v) is 6.84. The van der Waals surface area contributed by atoms with Crippen molar-refractivity contribution in [2.24, 2.45) is 11.3 Å². The number of rotatable bonds is 3. The van der Waals surface area contributed by atoms with Crippen LogP contribution in [0.25, 0.3) is 0 Å². The fourth-order valence-electron chi connectivity index (χ4n) is 2.39. The summed E-state index contributed by atoms with van der Waals surface area (Å²) in [7, 11) is -3.13. The molecule has 1 heterocycles. The Labute approximate surface area is 88.9 Å². The number of amides is 1. The number of fused-ring (bicyclic) bond motifs is 1. The molecule has 84 valence electrons. The van der Waals surface area contributed by atoms with Crippen LogP contribution in [0.15, 0.2) is 0 Å². The lowest BCUT2D eigenvalue weighted by atomic mass is 10.1. The monoisotopic (exact) mass is 230 g/mol. The lowest BCUT2D eigenvalue weighted by molar-refractivity contribution is -0.139. The topological polar surface area (TPSA) is 66.5 Å². The van der Waals surface area contributed by atoms with Crippen LogP contribution < -0.4 is 4.72 Å². The van der Waals surface area contributed by atoms with Crippen LogP contribution in [0.2, 0.25) is 0 Å². The summed E-state index contributed by atoms with van der Waals surface area (Å²) >= 11 is 0. The molecule has 1 N–H and O–H groups in total. The van der Waals surface area contributed by atoms with Crippen molar-refractivity contribution in [2.45, 2.75) is 18.9 Å². The molecule has 0 aromatic heterocycles. The maximum absolute atomic E-state index is 11.8. The van der Waals surface area contributed by atoms with E-state index in [9.17, 15) is 13.2 Å². The zero-order valence-electron chi connectivity index (χ0n) is 8.56. The Hall–Kier alpha value is -0.620. The molecule has 0 aromatic rings. The van der Waals surface area contributed by atoms with E-state index in [1.165, 1.54) is 0 Å². The molecule has 0 atom stereocenters. The van der Waals surface area contributed by atoms with E-state index >= 15 is 0 Å². The minimum Gasteiger partial charge on any atom is -0.339 e. The molecule has 1 saturated heterocycles. The molecule has 3 fully saturated rings. The molecule has 5 nitrogen and oxygen atoms in total. The van der Waals surface area contributed by atoms with E-state index in [0.717, 1.165) is 19.1 Å². The van der Waals surface area contributed by atoms with Gasteiger partial charge in [-0.1, -0.05) is 0 Å². The molecule has 2 saturated carbocycles. The molecule has 2 aliphatic carbocycles. The predicted molar refractivity (Wildman–Crippen MR) is 53.5 cm³/mol. The van der Waals surface area contributed by atoms with Crippen LogP contribution in [-0.2, 0) is 14.8 Å². The van der Waals surface area contributed by atoms with Crippen molar-refractivity contribution in [1.82, 2.24) is 9.62 Å². The van der Waals surface area contributed by atoms with Crippen LogP contribution in [0.3, 0.4) is 0 Å². The van der Waals surface area contributed by atoms with Gasteiger partial charge in [0.15, 0.2) is 0 Å². The van der Waals surface area contributed by atoms with Crippen LogP contribution in [-0.4, -0.2) is 44.6 Å². The number of hydrogen-bond donors (Lipinski definition) is 1. The SMILES string of the molecule is CS(=O)(=O)NC1CN(C(=O)C23CC2C3)C1. The summed E-state index contributed by atoms with van der Waals surface area (Å²) in [5, 5.41) is 0. The Balaban J connectivity index is 1.52. The number of likely N-dealkylation sites (tertiary alicyclic amines) is 1. The minimum atomic E-state index is -3.13. The first-order chi connectivity index (χ1) is 6.91. The van der Waals surface area contributed by atoms with Gasteiger partial charge in [-0.2, -0.15) is 0 Å². The summed E-state index contributed by atoms with van der Waals surface area (Å²) in [6.07, 6.45) is 3.27. The quantitative estimate of drug-likeness (QED) is 0.687. The highest BCUT2D eigenvalue weighted by atomic mass is 32.2. The Morgan fingerprint density at radius 2 is 1.93 bits per heavy atom. The highest BCUT2D eigenvalue weighted by Gasteiger charge is 2.75. The lowest BCUT2D eigenvalue weighted by Crippen LogP contribution is -2.61. The molecule has 0 bridgehead atoms. The van der Waals surface area contributed by atoms with Gasteiger partial charge >= 0.3 is 0 Å². The van der Waals surface area contributed by atoms with Crippen LogP contribution in [0, 0.1) is 11.3 Å². The maximum Gasteiger partial charge on any atom is 0.229 e. The van der Waals surface area contributed by atoms with E-state index in [2.05, 4.69) is 4.72 Å². The average Bonchev–Trinajstić information content (AvgIpc) is 2.77. The van der Waals surface area contributed by atoms with Crippen LogP contribution >= 0.6 is 0 Å². The van der Waals surface area contributed by atoms with E-state index in [0.29, 0.717) is 19.0 Å². The van der Waals surface area contributed by atoms with Crippen LogP contribution in [0.4, 0.5) is 0 Å². The molecule has 0 radical (unpaired) electrons. The third kappa shape index (κ3) is 1.47. The Bertz CT molecular complexity index is 419. The fraction of sp³-hybridized carbons (Fsp3) is 0.889. The minimum absolute atomic E-state index is 0.0239. The number of nitrogens with one attached hydrogen (secondary N) is 1. The van der Waals surface area contributed by atoms with E-state index in [1.807, 2.05) is 0 Å². The third-order valence-electron chi connectivity index (χ3n) is 3.66. The van der Waals surface area contributed by atoms with Crippen molar-refractivity contribution in [2.75, 3.05) is 19.3 Å². The van der Waals surface area contributed by atoms with Gasteiger partial charge in [-0.05, 0) is 18.8 Å². The molecule has 3 aliphatic rings. The van der Waals surface area contributed by atoms with Gasteiger partial charge in [0.25, 0.3) is 0 Å². The molecular formula is C9H14N2O3S. The summed E-state index contributed by atoms with van der Waals surface area (Å²) in [6, 6.07) is -0.0729. The molecule has 1 aliphatic heterocycles. The molecule has 3 rings (SSSR count). The second kappa shape index (κ2) is 2.55. The second-order valence-electron chi connectivity index (χ2n) is 5.06. The van der Waals surface area contributed by atoms with Gasteiger partial charge in [-0.25, -0.2) is 13.1 Å². The molecule has 6 heteroatoms. The molecule has 0 aromatic carbocycles. The van der Waals surface area contributed by atoms with E-state index in [-0.39, 0.29) is 17.4 Å². The van der Waals surface area contributed by atoms with Gasteiger partial charge in [0, 0.05) is 13.1 Å². The first kappa shape index (κ1) is 9.59. The number of carbonyl (C=O) groups is 1. The molecular weight excluding hydrogens is 216 g/mol. The van der Waals surface area contributed by atoms with Gasteiger partial charge in [0.2, 0.25) is 15.9 Å². The third-order valence-corrected chi connectivity index (χ3v) is 4.42. The molecule has 15 heavy (non-hydrogen) atoms. The highest BCUT2D eigenvalue weighted by Crippen LogP contribution is 2.76. The average molecular weight is 230 g/mol. The largest absolute Gasteiger partial charge is 0.339 e. The lowest BCUT2D eigenvalue weighted by Gasteiger charge is -2.39. The maximum atomic E-state index is 11.8. The van der Waals surface area contributed by atoms with Crippen molar-refractivity contribution in [3.05, 3.63) is 0 Å². The van der Waals surface area contributed by atoms with E-state index in [4.69, 9.17) is 0 Å². The van der Waals surface area contributed by atoms with Gasteiger partial charge in [0.1, 0.15) is 0 Å². The zero-order valence-corrected chi connectivity index (χ0v) is 9.38. The summed E-state index contributed by atoms with van der Waals surface area (Å²) in [5.74, 6) is 0.908. The number of carbonyl (C=O) groups excluding carboxylic acids is 1. The van der Waals surface area contributed by atoms with E-state index in [1.54, 1.807) is 4.90 Å². The van der Waals surface area contributed by atoms with Crippen LogP contribution in [0.5, 0.6) is 0 Å². The zero-order chi connectivity index (χ0) is 10.8. The number of nitrogens with zero attached hydrogens (tertiary/aromatic N) is 1. The highest BCUT2D eigenvalue weighted by molar-refractivity contribution is 7.88. The van der Waals surface area contributed by atoms with Crippen molar-refractivity contribution >= 4 is 15.9 Å². The van der Waals surface area contributed by atoms with Crippen molar-refractivity contribution in [1.29, 1.82) is 0 Å². The summed E-state index contributed by atoms with van der Waals surface area (Å²) in [5.41, 5.74) is 0.0239. The summed E-state index contributed by atoms with van der Waals surface area (Å²) in [4.78, 5) is 13.6. The Morgan fingerprint density at radius 3 is 2.33 bits per heavy atom. The predicted octanol–water partition coefficient (Wildman–Crippen LogP) is -0.844. The fourth-order valence-corrected chi connectivity index (χ4v) is 3.14. The first-order valence-electron chi connectivity index (χ1n) is 5.17. The van der Waals surface area contributed by atoms with Gasteiger partial charge < -0.3 is 4.90 Å². The Kier molecular flexibility index (Phi) is 1.63. The summed E-state index contributed by atoms with van der Waals surface area (Å²) in [6.45, 7) is 1.08. The molecule has 1 amide bonds. The van der Waals surface area contributed by atoms with Gasteiger partial charge in [-0.15, -0.1) is 0 Å². The van der Waals surface area contributed by atoms with Gasteiger partial charge in [0.05, 0.1) is 17.7 Å². The standard InChI is InChI=1S/C9H14N2O3S/c1-15(13,14)10-7-4-11(5-7)8(12)9-2-6(9)3-9/h6-7,10H,2-5H2,1H3. The van der Waals surface area contributed by atoms with Gasteiger partial charge in [-0.3, -0.25) is 4.79 Å². The normalized spacial score (nSPS) is 38.2. The van der Waals surface area contributed by atoms with E-state index < -0.39 is 10.0 Å². The van der Waals surface area contributed by atoms with Crippen LogP contribution in [0.1, 0.15) is 12.8 Å². The molecule has 0 spiro atoms. The smallest absolute Gasteiger partial charge is 0.229 e. The Morgan fingerprint density at radius 1 is 1.40 bits per heavy atom. The summed E-state index contributed by atoms with van der Waals surface area (Å²) < 4.78 is 24.3. The number of hydrogen-bond acceptors (Lipinski definition) is 3.